The zero-order valence-corrected chi connectivity index (χ0v) is 9.55. The largest absolute Gasteiger partial charge is 0.139 e. The molecule has 0 radical (unpaired) electrons. The average molecular weight is 262 g/mol. The number of fused-ring (bicyclic) bond motifs is 1. The van der Waals surface area contributed by atoms with Gasteiger partial charge in [0.25, 0.3) is 0 Å². The number of benzene rings is 1. The Hall–Kier alpha value is -0.0500. The smallest absolute Gasteiger partial charge is 0.0620 e. The fourth-order valence-corrected chi connectivity index (χ4v) is 3.01. The summed E-state index contributed by atoms with van der Waals surface area (Å²) in [6.45, 7) is 2.04. The van der Waals surface area contributed by atoms with Crippen molar-refractivity contribution in [1.29, 1.82) is 0 Å². The molecule has 62 valence electrons. The molecule has 0 aliphatic rings. The van der Waals surface area contributed by atoms with Crippen molar-refractivity contribution < 1.29 is 0 Å². The number of halogens is 2. The molecular weight excluding hydrogens is 256 g/mol. The first-order chi connectivity index (χ1) is 5.68. The van der Waals surface area contributed by atoms with Gasteiger partial charge in [-0.05, 0) is 19.1 Å². The van der Waals surface area contributed by atoms with Crippen molar-refractivity contribution in [3.63, 3.8) is 0 Å². The summed E-state index contributed by atoms with van der Waals surface area (Å²) in [5, 5.41) is 2.05. The molecule has 0 spiro atoms. The molecule has 0 nitrogen and oxygen atoms in total. The van der Waals surface area contributed by atoms with E-state index >= 15 is 0 Å². The van der Waals surface area contributed by atoms with Crippen LogP contribution in [0.2, 0.25) is 5.02 Å². The van der Waals surface area contributed by atoms with E-state index in [0.29, 0.717) is 0 Å². The minimum atomic E-state index is 0.891. The van der Waals surface area contributed by atoms with Crippen LogP contribution in [0, 0.1) is 6.92 Å². The highest BCUT2D eigenvalue weighted by atomic mass is 79.9. The first-order valence-electron chi connectivity index (χ1n) is 3.52. The molecule has 0 saturated carbocycles. The summed E-state index contributed by atoms with van der Waals surface area (Å²) in [6.07, 6.45) is 0. The van der Waals surface area contributed by atoms with E-state index < -0.39 is 0 Å². The van der Waals surface area contributed by atoms with E-state index in [0.717, 1.165) is 14.9 Å². The lowest BCUT2D eigenvalue weighted by Gasteiger charge is -1.90. The van der Waals surface area contributed by atoms with Crippen molar-refractivity contribution >= 4 is 49.0 Å². The summed E-state index contributed by atoms with van der Waals surface area (Å²) < 4.78 is 2.35. The monoisotopic (exact) mass is 260 g/mol. The second-order valence-corrected chi connectivity index (χ2v) is 5.16. The van der Waals surface area contributed by atoms with E-state index in [2.05, 4.69) is 22.0 Å². The molecule has 0 N–H and O–H groups in total. The van der Waals surface area contributed by atoms with Gasteiger partial charge in [-0.1, -0.05) is 33.6 Å². The van der Waals surface area contributed by atoms with Gasteiger partial charge in [0, 0.05) is 19.4 Å². The van der Waals surface area contributed by atoms with Crippen LogP contribution in [0.25, 0.3) is 10.1 Å². The number of hydrogen-bond acceptors (Lipinski definition) is 1. The van der Waals surface area contributed by atoms with Crippen molar-refractivity contribution in [2.45, 2.75) is 6.92 Å². The maximum absolute atomic E-state index is 6.09. The highest BCUT2D eigenvalue weighted by Gasteiger charge is 2.05. The van der Waals surface area contributed by atoms with Gasteiger partial charge in [0.15, 0.2) is 0 Å². The molecule has 0 fully saturated rings. The summed E-state index contributed by atoms with van der Waals surface area (Å²) >= 11 is 11.2. The summed E-state index contributed by atoms with van der Waals surface area (Å²) in [7, 11) is 0. The third-order valence-electron chi connectivity index (χ3n) is 1.75. The summed E-state index contributed by atoms with van der Waals surface area (Å²) in [4.78, 5) is 1.18. The van der Waals surface area contributed by atoms with E-state index in [1.807, 2.05) is 19.1 Å². The van der Waals surface area contributed by atoms with Crippen LogP contribution in [0.1, 0.15) is 4.88 Å². The number of hydrogen-bond donors (Lipinski definition) is 0. The van der Waals surface area contributed by atoms with Crippen LogP contribution in [0.5, 0.6) is 0 Å². The Morgan fingerprint density at radius 3 is 2.92 bits per heavy atom. The lowest BCUT2D eigenvalue weighted by molar-refractivity contribution is 1.65. The van der Waals surface area contributed by atoms with Crippen LogP contribution in [-0.2, 0) is 0 Å². The molecular formula is C9H6BrClS. The van der Waals surface area contributed by atoms with Gasteiger partial charge in [-0.15, -0.1) is 11.3 Å². The molecule has 0 bridgehead atoms. The minimum Gasteiger partial charge on any atom is -0.139 e. The van der Waals surface area contributed by atoms with Gasteiger partial charge in [-0.25, -0.2) is 0 Å². The second-order valence-electron chi connectivity index (χ2n) is 2.61. The summed E-state index contributed by atoms with van der Waals surface area (Å²) in [5.41, 5.74) is 0. The van der Waals surface area contributed by atoms with Crippen molar-refractivity contribution in [1.82, 2.24) is 0 Å². The Labute approximate surface area is 88.3 Å². The lowest BCUT2D eigenvalue weighted by atomic mass is 10.2. The van der Waals surface area contributed by atoms with Crippen LogP contribution in [-0.4, -0.2) is 0 Å². The third kappa shape index (κ3) is 1.28. The predicted octanol–water partition coefficient (Wildman–Crippen LogP) is 4.63. The highest BCUT2D eigenvalue weighted by Crippen LogP contribution is 2.35. The van der Waals surface area contributed by atoms with E-state index in [9.17, 15) is 0 Å². The summed E-state index contributed by atoms with van der Waals surface area (Å²) in [5.74, 6) is 0. The van der Waals surface area contributed by atoms with E-state index in [-0.39, 0.29) is 0 Å². The van der Waals surface area contributed by atoms with Gasteiger partial charge >= 0.3 is 0 Å². The van der Waals surface area contributed by atoms with Crippen LogP contribution in [0.4, 0.5) is 0 Å². The molecule has 1 aromatic heterocycles. The van der Waals surface area contributed by atoms with Crippen molar-refractivity contribution in [2.24, 2.45) is 0 Å². The standard InChI is InChI=1S/C9H6BrClS/c1-5-9(11)7-3-2-6(10)4-8(7)12-5/h2-4H,1H3. The normalized spacial score (nSPS) is 10.9. The van der Waals surface area contributed by atoms with Gasteiger partial charge < -0.3 is 0 Å². The maximum Gasteiger partial charge on any atom is 0.0620 e. The van der Waals surface area contributed by atoms with Gasteiger partial charge in [0.1, 0.15) is 0 Å². The zero-order valence-electron chi connectivity index (χ0n) is 6.40. The Morgan fingerprint density at radius 2 is 2.17 bits per heavy atom. The maximum atomic E-state index is 6.09. The fraction of sp³-hybridized carbons (Fsp3) is 0.111. The fourth-order valence-electron chi connectivity index (χ4n) is 1.16. The van der Waals surface area contributed by atoms with Crippen molar-refractivity contribution in [3.8, 4) is 0 Å². The number of aryl methyl sites for hydroxylation is 1. The molecule has 0 atom stereocenters. The molecule has 2 aromatic rings. The minimum absolute atomic E-state index is 0.891. The zero-order chi connectivity index (χ0) is 8.72. The van der Waals surface area contributed by atoms with Crippen LogP contribution >= 0.6 is 38.9 Å². The van der Waals surface area contributed by atoms with Crippen LogP contribution < -0.4 is 0 Å². The lowest BCUT2D eigenvalue weighted by Crippen LogP contribution is -1.64. The van der Waals surface area contributed by atoms with E-state index in [1.165, 1.54) is 9.58 Å². The topological polar surface area (TPSA) is 0 Å². The predicted molar refractivity (Wildman–Crippen MR) is 59.3 cm³/mol. The number of thiophene rings is 1. The van der Waals surface area contributed by atoms with E-state index in [1.54, 1.807) is 11.3 Å². The Morgan fingerprint density at radius 1 is 1.42 bits per heavy atom. The van der Waals surface area contributed by atoms with Gasteiger partial charge in [0.05, 0.1) is 5.02 Å². The van der Waals surface area contributed by atoms with E-state index in [4.69, 9.17) is 11.6 Å². The molecule has 0 aliphatic heterocycles. The quantitative estimate of drug-likeness (QED) is 0.649. The van der Waals surface area contributed by atoms with Gasteiger partial charge in [0.2, 0.25) is 0 Å². The molecule has 12 heavy (non-hydrogen) atoms. The Kier molecular flexibility index (Phi) is 2.15. The SMILES string of the molecule is Cc1sc2cc(Br)ccc2c1Cl. The number of rotatable bonds is 0. The molecule has 1 aromatic carbocycles. The molecule has 0 unspecified atom stereocenters. The van der Waals surface area contributed by atoms with Gasteiger partial charge in [-0.2, -0.15) is 0 Å². The summed E-state index contributed by atoms with van der Waals surface area (Å²) in [6, 6.07) is 6.16. The van der Waals surface area contributed by atoms with Crippen molar-refractivity contribution in [3.05, 3.63) is 32.6 Å². The molecule has 1 heterocycles. The first-order valence-corrected chi connectivity index (χ1v) is 5.51. The average Bonchev–Trinajstić information content (AvgIpc) is 2.28. The second kappa shape index (κ2) is 3.02. The Bertz CT molecular complexity index is 433. The molecule has 0 saturated heterocycles. The Balaban J connectivity index is 2.87. The molecule has 3 heteroatoms. The molecule has 2 rings (SSSR count). The van der Waals surface area contributed by atoms with Crippen LogP contribution in [0.3, 0.4) is 0 Å². The highest BCUT2D eigenvalue weighted by molar-refractivity contribution is 9.10. The molecule has 0 aliphatic carbocycles. The van der Waals surface area contributed by atoms with Crippen molar-refractivity contribution in [2.75, 3.05) is 0 Å². The van der Waals surface area contributed by atoms with Crippen LogP contribution in [0.15, 0.2) is 22.7 Å². The molecule has 0 amide bonds. The first kappa shape index (κ1) is 8.54. The van der Waals surface area contributed by atoms with Gasteiger partial charge in [-0.3, -0.25) is 0 Å². The third-order valence-corrected chi connectivity index (χ3v) is 3.91.